The van der Waals surface area contributed by atoms with Crippen LogP contribution in [0, 0.1) is 5.92 Å². The van der Waals surface area contributed by atoms with Crippen LogP contribution in [0.4, 0.5) is 5.69 Å². The first-order valence-corrected chi connectivity index (χ1v) is 6.77. The molecule has 1 aliphatic rings. The van der Waals surface area contributed by atoms with E-state index in [1.807, 2.05) is 6.07 Å². The van der Waals surface area contributed by atoms with Gasteiger partial charge in [-0.25, -0.2) is 0 Å². The minimum atomic E-state index is -0.0887. The minimum absolute atomic E-state index is 0.0887. The van der Waals surface area contributed by atoms with Crippen LogP contribution < -0.4 is 10.6 Å². The van der Waals surface area contributed by atoms with Crippen molar-refractivity contribution in [3.8, 4) is 0 Å². The Morgan fingerprint density at radius 1 is 1.39 bits per heavy atom. The first-order valence-electron chi connectivity index (χ1n) is 6.40. The molecule has 0 radical (unpaired) electrons. The van der Waals surface area contributed by atoms with Crippen LogP contribution in [-0.2, 0) is 0 Å². The molecule has 1 saturated carbocycles. The predicted octanol–water partition coefficient (Wildman–Crippen LogP) is 3.30. The van der Waals surface area contributed by atoms with Crippen molar-refractivity contribution in [2.24, 2.45) is 5.92 Å². The van der Waals surface area contributed by atoms with Crippen LogP contribution in [0.15, 0.2) is 18.2 Å². The molecule has 0 heterocycles. The van der Waals surface area contributed by atoms with Gasteiger partial charge in [0.1, 0.15) is 0 Å². The van der Waals surface area contributed by atoms with Gasteiger partial charge in [-0.2, -0.15) is 0 Å². The molecule has 1 aliphatic carbocycles. The number of benzene rings is 1. The lowest BCUT2D eigenvalue weighted by Crippen LogP contribution is -2.23. The quantitative estimate of drug-likeness (QED) is 0.881. The molecule has 0 spiro atoms. The molecule has 2 atom stereocenters. The van der Waals surface area contributed by atoms with E-state index in [9.17, 15) is 4.79 Å². The average Bonchev–Trinajstić information content (AvgIpc) is 2.77. The summed E-state index contributed by atoms with van der Waals surface area (Å²) < 4.78 is 0. The molecule has 3 nitrogen and oxygen atoms in total. The Labute approximate surface area is 113 Å². The Kier molecular flexibility index (Phi) is 4.12. The Morgan fingerprint density at radius 2 is 2.17 bits per heavy atom. The van der Waals surface area contributed by atoms with E-state index in [1.54, 1.807) is 19.2 Å². The number of hydrogen-bond acceptors (Lipinski definition) is 2. The third kappa shape index (κ3) is 2.78. The van der Waals surface area contributed by atoms with Crippen LogP contribution in [0.3, 0.4) is 0 Å². The fraction of sp³-hybridized carbons (Fsp3) is 0.500. The molecule has 2 unspecified atom stereocenters. The lowest BCUT2D eigenvalue weighted by atomic mass is 10.1. The van der Waals surface area contributed by atoms with E-state index < -0.39 is 0 Å². The summed E-state index contributed by atoms with van der Waals surface area (Å²) >= 11 is 6.18. The zero-order valence-electron chi connectivity index (χ0n) is 10.8. The lowest BCUT2D eigenvalue weighted by Gasteiger charge is -2.20. The van der Waals surface area contributed by atoms with E-state index in [0.717, 1.165) is 5.69 Å². The zero-order valence-corrected chi connectivity index (χ0v) is 11.6. The second-order valence-electron chi connectivity index (χ2n) is 4.93. The third-order valence-corrected chi connectivity index (χ3v) is 3.99. The second kappa shape index (κ2) is 5.61. The van der Waals surface area contributed by atoms with Crippen molar-refractivity contribution in [1.29, 1.82) is 0 Å². The van der Waals surface area contributed by atoms with Crippen LogP contribution in [0.2, 0.25) is 5.02 Å². The summed E-state index contributed by atoms with van der Waals surface area (Å²) in [7, 11) is 1.63. The van der Waals surface area contributed by atoms with Crippen molar-refractivity contribution in [2.45, 2.75) is 32.2 Å². The summed E-state index contributed by atoms with van der Waals surface area (Å²) in [6, 6.07) is 5.80. The molecule has 1 aromatic rings. The highest BCUT2D eigenvalue weighted by atomic mass is 35.5. The molecule has 1 aromatic carbocycles. The normalized spacial score (nSPS) is 22.8. The average molecular weight is 267 g/mol. The standard InChI is InChI=1S/C14H19ClN2O/c1-9-4-3-5-12(9)17-13-8-10(14(18)16-2)6-7-11(13)15/h6-9,12,17H,3-5H2,1-2H3,(H,16,18). The van der Waals surface area contributed by atoms with E-state index in [-0.39, 0.29) is 5.91 Å². The van der Waals surface area contributed by atoms with Crippen molar-refractivity contribution in [2.75, 3.05) is 12.4 Å². The molecule has 0 bridgehead atoms. The summed E-state index contributed by atoms with van der Waals surface area (Å²) in [6.45, 7) is 2.25. The summed E-state index contributed by atoms with van der Waals surface area (Å²) in [6.07, 6.45) is 3.68. The molecule has 0 aliphatic heterocycles. The SMILES string of the molecule is CNC(=O)c1ccc(Cl)c(NC2CCCC2C)c1. The lowest BCUT2D eigenvalue weighted by molar-refractivity contribution is 0.0963. The number of rotatable bonds is 3. The Morgan fingerprint density at radius 3 is 2.78 bits per heavy atom. The third-order valence-electron chi connectivity index (χ3n) is 3.66. The number of anilines is 1. The van der Waals surface area contributed by atoms with Crippen molar-refractivity contribution in [1.82, 2.24) is 5.32 Å². The van der Waals surface area contributed by atoms with Gasteiger partial charge in [-0.05, 0) is 37.0 Å². The monoisotopic (exact) mass is 266 g/mol. The summed E-state index contributed by atoms with van der Waals surface area (Å²) in [5.41, 5.74) is 1.49. The summed E-state index contributed by atoms with van der Waals surface area (Å²) in [5, 5.41) is 6.76. The van der Waals surface area contributed by atoms with E-state index in [4.69, 9.17) is 11.6 Å². The first kappa shape index (κ1) is 13.2. The molecule has 18 heavy (non-hydrogen) atoms. The minimum Gasteiger partial charge on any atom is -0.381 e. The molecule has 1 amide bonds. The van der Waals surface area contributed by atoms with Gasteiger partial charge < -0.3 is 10.6 Å². The number of halogens is 1. The maximum absolute atomic E-state index is 11.6. The molecule has 0 aromatic heterocycles. The largest absolute Gasteiger partial charge is 0.381 e. The van der Waals surface area contributed by atoms with Gasteiger partial charge in [0.05, 0.1) is 10.7 Å². The van der Waals surface area contributed by atoms with E-state index in [0.29, 0.717) is 22.5 Å². The fourth-order valence-corrected chi connectivity index (χ4v) is 2.65. The molecular weight excluding hydrogens is 248 g/mol. The molecule has 0 saturated heterocycles. The van der Waals surface area contributed by atoms with E-state index in [2.05, 4.69) is 17.6 Å². The fourth-order valence-electron chi connectivity index (χ4n) is 2.48. The Bertz CT molecular complexity index is 447. The van der Waals surface area contributed by atoms with Gasteiger partial charge in [0.25, 0.3) is 5.91 Å². The smallest absolute Gasteiger partial charge is 0.251 e. The number of hydrogen-bond donors (Lipinski definition) is 2. The molecular formula is C14H19ClN2O. The topological polar surface area (TPSA) is 41.1 Å². The van der Waals surface area contributed by atoms with Gasteiger partial charge in [-0.3, -0.25) is 4.79 Å². The molecule has 1 fully saturated rings. The second-order valence-corrected chi connectivity index (χ2v) is 5.34. The highest BCUT2D eigenvalue weighted by Crippen LogP contribution is 2.31. The van der Waals surface area contributed by atoms with Crippen LogP contribution in [-0.4, -0.2) is 19.0 Å². The number of carbonyl (C=O) groups is 1. The first-order chi connectivity index (χ1) is 8.61. The number of nitrogens with one attached hydrogen (secondary N) is 2. The number of carbonyl (C=O) groups excluding carboxylic acids is 1. The molecule has 4 heteroatoms. The molecule has 98 valence electrons. The van der Waals surface area contributed by atoms with Crippen LogP contribution >= 0.6 is 11.6 Å². The van der Waals surface area contributed by atoms with Gasteiger partial charge in [0.2, 0.25) is 0 Å². The highest BCUT2D eigenvalue weighted by Gasteiger charge is 2.23. The number of amides is 1. The predicted molar refractivity (Wildman–Crippen MR) is 75.3 cm³/mol. The summed E-state index contributed by atoms with van der Waals surface area (Å²) in [5.74, 6) is 0.568. The van der Waals surface area contributed by atoms with Crippen LogP contribution in [0.1, 0.15) is 36.5 Å². The van der Waals surface area contributed by atoms with Crippen LogP contribution in [0.5, 0.6) is 0 Å². The molecule has 2 rings (SSSR count). The summed E-state index contributed by atoms with van der Waals surface area (Å²) in [4.78, 5) is 11.6. The maximum Gasteiger partial charge on any atom is 0.251 e. The zero-order chi connectivity index (χ0) is 13.1. The highest BCUT2D eigenvalue weighted by molar-refractivity contribution is 6.33. The van der Waals surface area contributed by atoms with Crippen molar-refractivity contribution >= 4 is 23.2 Å². The van der Waals surface area contributed by atoms with E-state index in [1.165, 1.54) is 19.3 Å². The van der Waals surface area contributed by atoms with Gasteiger partial charge in [-0.15, -0.1) is 0 Å². The van der Waals surface area contributed by atoms with Gasteiger partial charge >= 0.3 is 0 Å². The van der Waals surface area contributed by atoms with Gasteiger partial charge in [-0.1, -0.05) is 24.9 Å². The maximum atomic E-state index is 11.6. The van der Waals surface area contributed by atoms with Gasteiger partial charge in [0, 0.05) is 18.7 Å². The van der Waals surface area contributed by atoms with Crippen LogP contribution in [0.25, 0.3) is 0 Å². The Balaban J connectivity index is 2.18. The Hall–Kier alpha value is -1.22. The van der Waals surface area contributed by atoms with E-state index >= 15 is 0 Å². The van der Waals surface area contributed by atoms with Crippen molar-refractivity contribution < 1.29 is 4.79 Å². The molecule has 2 N–H and O–H groups in total. The van der Waals surface area contributed by atoms with Crippen molar-refractivity contribution in [3.05, 3.63) is 28.8 Å². The van der Waals surface area contributed by atoms with Gasteiger partial charge in [0.15, 0.2) is 0 Å². The van der Waals surface area contributed by atoms with Crippen molar-refractivity contribution in [3.63, 3.8) is 0 Å².